The lowest BCUT2D eigenvalue weighted by Crippen LogP contribution is -2.11. The summed E-state index contributed by atoms with van der Waals surface area (Å²) in [6.45, 7) is 1.38. The first-order valence-corrected chi connectivity index (χ1v) is 8.53. The van der Waals surface area contributed by atoms with Crippen LogP contribution in [0.4, 0.5) is 0 Å². The first-order valence-electron chi connectivity index (χ1n) is 8.16. The van der Waals surface area contributed by atoms with E-state index in [1.165, 1.54) is 0 Å². The highest BCUT2D eigenvalue weighted by Gasteiger charge is 2.09. The average molecular weight is 390 g/mol. The summed E-state index contributed by atoms with van der Waals surface area (Å²) in [5.41, 5.74) is 8.76. The molecule has 5 heteroatoms. The third-order valence-corrected chi connectivity index (χ3v) is 3.99. The molecule has 0 heterocycles. The van der Waals surface area contributed by atoms with Gasteiger partial charge in [-0.1, -0.05) is 60.1 Å². The van der Waals surface area contributed by atoms with E-state index in [2.05, 4.69) is 0 Å². The number of hydrogen-bond acceptors (Lipinski definition) is 3. The lowest BCUT2D eigenvalue weighted by atomic mass is 10.1. The molecule has 3 rings (SSSR count). The Kier molecular flexibility index (Phi) is 7.79. The summed E-state index contributed by atoms with van der Waals surface area (Å²) >= 11 is 5.97. The Labute approximate surface area is 165 Å². The van der Waals surface area contributed by atoms with Crippen LogP contribution in [0.5, 0.6) is 11.5 Å². The monoisotopic (exact) mass is 389 g/mol. The lowest BCUT2D eigenvalue weighted by molar-refractivity contribution is 0.266. The number of benzene rings is 3. The number of ether oxygens (including phenoxy) is 2. The van der Waals surface area contributed by atoms with Gasteiger partial charge >= 0.3 is 0 Å². The maximum Gasteiger partial charge on any atom is 0.162 e. The minimum Gasteiger partial charge on any atom is -0.488 e. The largest absolute Gasteiger partial charge is 0.488 e. The maximum atomic E-state index is 6.01. The van der Waals surface area contributed by atoms with Crippen LogP contribution in [-0.2, 0) is 6.61 Å². The van der Waals surface area contributed by atoms with Crippen molar-refractivity contribution in [2.24, 2.45) is 5.73 Å². The molecule has 0 aliphatic heterocycles. The molecule has 0 atom stereocenters. The van der Waals surface area contributed by atoms with E-state index in [0.717, 1.165) is 16.7 Å². The molecule has 0 saturated carbocycles. The molecule has 3 aromatic rings. The standard InChI is InChI=1S/C21H20ClNO2.ClH/c22-19-9-6-17(7-10-19)18-8-11-20(24-13-12-23)21(14-18)25-15-16-4-2-1-3-5-16;/h1-11,14H,12-13,15,23H2;1H. The van der Waals surface area contributed by atoms with Crippen LogP contribution in [0.15, 0.2) is 72.8 Å². The van der Waals surface area contributed by atoms with Crippen molar-refractivity contribution in [3.05, 3.63) is 83.4 Å². The van der Waals surface area contributed by atoms with Crippen LogP contribution in [0.2, 0.25) is 5.02 Å². The van der Waals surface area contributed by atoms with Crippen LogP contribution < -0.4 is 15.2 Å². The molecule has 0 spiro atoms. The second-order valence-electron chi connectivity index (χ2n) is 5.58. The van der Waals surface area contributed by atoms with Crippen LogP contribution in [0.25, 0.3) is 11.1 Å². The zero-order chi connectivity index (χ0) is 17.5. The van der Waals surface area contributed by atoms with Crippen LogP contribution in [0.1, 0.15) is 5.56 Å². The van der Waals surface area contributed by atoms with Gasteiger partial charge in [-0.2, -0.15) is 0 Å². The molecule has 3 aromatic carbocycles. The topological polar surface area (TPSA) is 44.5 Å². The Morgan fingerprint density at radius 2 is 1.46 bits per heavy atom. The molecular formula is C21H21Cl2NO2. The van der Waals surface area contributed by atoms with Crippen molar-refractivity contribution in [1.82, 2.24) is 0 Å². The van der Waals surface area contributed by atoms with Crippen molar-refractivity contribution in [2.45, 2.75) is 6.61 Å². The normalized spacial score (nSPS) is 10.1. The first-order chi connectivity index (χ1) is 12.3. The fourth-order valence-electron chi connectivity index (χ4n) is 2.47. The van der Waals surface area contributed by atoms with Gasteiger partial charge in [0.15, 0.2) is 11.5 Å². The fourth-order valence-corrected chi connectivity index (χ4v) is 2.59. The summed E-state index contributed by atoms with van der Waals surface area (Å²) in [6, 6.07) is 23.7. The third kappa shape index (κ3) is 5.40. The SMILES string of the molecule is Cl.NCCOc1ccc(-c2ccc(Cl)cc2)cc1OCc1ccccc1. The molecule has 0 aliphatic carbocycles. The molecule has 0 radical (unpaired) electrons. The Morgan fingerprint density at radius 3 is 2.15 bits per heavy atom. The van der Waals surface area contributed by atoms with E-state index < -0.39 is 0 Å². The molecule has 0 amide bonds. The highest BCUT2D eigenvalue weighted by atomic mass is 35.5. The van der Waals surface area contributed by atoms with Gasteiger partial charge in [-0.05, 0) is 41.0 Å². The minimum atomic E-state index is 0. The summed E-state index contributed by atoms with van der Waals surface area (Å²) < 4.78 is 11.7. The predicted octanol–water partition coefficient (Wildman–Crippen LogP) is 5.35. The highest BCUT2D eigenvalue weighted by Crippen LogP contribution is 2.33. The molecule has 0 fully saturated rings. The second kappa shape index (κ2) is 10.1. The van der Waals surface area contributed by atoms with Crippen LogP contribution in [0, 0.1) is 0 Å². The summed E-state index contributed by atoms with van der Waals surface area (Å²) in [4.78, 5) is 0. The maximum absolute atomic E-state index is 6.01. The van der Waals surface area contributed by atoms with Crippen molar-refractivity contribution < 1.29 is 9.47 Å². The van der Waals surface area contributed by atoms with Gasteiger partial charge in [0.1, 0.15) is 13.2 Å². The zero-order valence-corrected chi connectivity index (χ0v) is 15.8. The molecule has 0 aliphatic rings. The molecule has 136 valence electrons. The zero-order valence-electron chi connectivity index (χ0n) is 14.2. The molecule has 0 unspecified atom stereocenters. The molecule has 3 nitrogen and oxygen atoms in total. The van der Waals surface area contributed by atoms with Crippen molar-refractivity contribution in [1.29, 1.82) is 0 Å². The molecule has 0 bridgehead atoms. The van der Waals surface area contributed by atoms with Gasteiger partial charge in [0.2, 0.25) is 0 Å². The predicted molar refractivity (Wildman–Crippen MR) is 109 cm³/mol. The van der Waals surface area contributed by atoms with Crippen molar-refractivity contribution in [3.8, 4) is 22.6 Å². The molecule has 26 heavy (non-hydrogen) atoms. The molecule has 2 N–H and O–H groups in total. The Morgan fingerprint density at radius 1 is 0.769 bits per heavy atom. The van der Waals surface area contributed by atoms with Crippen LogP contribution >= 0.6 is 24.0 Å². The average Bonchev–Trinajstić information content (AvgIpc) is 2.66. The van der Waals surface area contributed by atoms with Crippen molar-refractivity contribution in [2.75, 3.05) is 13.2 Å². The molecule has 0 saturated heterocycles. The fraction of sp³-hybridized carbons (Fsp3) is 0.143. The van der Waals surface area contributed by atoms with E-state index in [-0.39, 0.29) is 12.4 Å². The van der Waals surface area contributed by atoms with Crippen molar-refractivity contribution >= 4 is 24.0 Å². The van der Waals surface area contributed by atoms with E-state index in [4.69, 9.17) is 26.8 Å². The van der Waals surface area contributed by atoms with Crippen molar-refractivity contribution in [3.63, 3.8) is 0 Å². The third-order valence-electron chi connectivity index (χ3n) is 3.73. The van der Waals surface area contributed by atoms with Gasteiger partial charge in [-0.15, -0.1) is 12.4 Å². The first kappa shape index (κ1) is 20.1. The summed E-state index contributed by atoms with van der Waals surface area (Å²) in [6.07, 6.45) is 0. The molecule has 0 aromatic heterocycles. The van der Waals surface area contributed by atoms with E-state index in [1.54, 1.807) is 0 Å². The molecular weight excluding hydrogens is 369 g/mol. The van der Waals surface area contributed by atoms with E-state index in [0.29, 0.717) is 36.3 Å². The Hall–Kier alpha value is -2.20. The van der Waals surface area contributed by atoms with Crippen LogP contribution in [-0.4, -0.2) is 13.2 Å². The van der Waals surface area contributed by atoms with Gasteiger partial charge < -0.3 is 15.2 Å². The number of halogens is 2. The van der Waals surface area contributed by atoms with Crippen LogP contribution in [0.3, 0.4) is 0 Å². The van der Waals surface area contributed by atoms with E-state index >= 15 is 0 Å². The van der Waals surface area contributed by atoms with Gasteiger partial charge in [-0.25, -0.2) is 0 Å². The lowest BCUT2D eigenvalue weighted by Gasteiger charge is -2.14. The summed E-state index contributed by atoms with van der Waals surface area (Å²) in [5, 5.41) is 0.715. The summed E-state index contributed by atoms with van der Waals surface area (Å²) in [7, 11) is 0. The number of nitrogens with two attached hydrogens (primary N) is 1. The minimum absolute atomic E-state index is 0. The quantitative estimate of drug-likeness (QED) is 0.592. The number of hydrogen-bond donors (Lipinski definition) is 1. The summed E-state index contributed by atoms with van der Waals surface area (Å²) in [5.74, 6) is 1.39. The van der Waals surface area contributed by atoms with E-state index in [1.807, 2.05) is 72.8 Å². The van der Waals surface area contributed by atoms with Gasteiger partial charge in [-0.3, -0.25) is 0 Å². The van der Waals surface area contributed by atoms with Gasteiger partial charge in [0.25, 0.3) is 0 Å². The Balaban J connectivity index is 0.00000243. The highest BCUT2D eigenvalue weighted by molar-refractivity contribution is 6.30. The Bertz CT molecular complexity index is 808. The van der Waals surface area contributed by atoms with Gasteiger partial charge in [0, 0.05) is 11.6 Å². The van der Waals surface area contributed by atoms with E-state index in [9.17, 15) is 0 Å². The van der Waals surface area contributed by atoms with Gasteiger partial charge in [0.05, 0.1) is 0 Å². The second-order valence-corrected chi connectivity index (χ2v) is 6.02. The smallest absolute Gasteiger partial charge is 0.162 e. The number of rotatable bonds is 7.